The molecule has 5 heteroatoms. The maximum Gasteiger partial charge on any atom is 0.333 e. The van der Waals surface area contributed by atoms with Gasteiger partial charge in [-0.15, -0.1) is 0 Å². The van der Waals surface area contributed by atoms with Crippen molar-refractivity contribution in [3.05, 3.63) is 64.4 Å². The molecule has 104 valence electrons. The fraction of sp³-hybridized carbons (Fsp3) is 0.133. The van der Waals surface area contributed by atoms with Crippen molar-refractivity contribution < 1.29 is 14.3 Å². The predicted molar refractivity (Wildman–Crippen MR) is 79.2 cm³/mol. The van der Waals surface area contributed by atoms with Crippen LogP contribution in [0.3, 0.4) is 0 Å². The van der Waals surface area contributed by atoms with E-state index in [2.05, 4.69) is 21.2 Å². The van der Waals surface area contributed by atoms with Crippen LogP contribution >= 0.6 is 15.9 Å². The third-order valence-corrected chi connectivity index (χ3v) is 3.72. The van der Waals surface area contributed by atoms with Crippen molar-refractivity contribution >= 4 is 27.6 Å². The summed E-state index contributed by atoms with van der Waals surface area (Å²) < 4.78 is 13.6. The van der Waals surface area contributed by atoms with Gasteiger partial charge in [-0.05, 0) is 31.2 Å². The number of nitrogens with one attached hydrogen (secondary N) is 1. The number of anilines is 1. The zero-order chi connectivity index (χ0) is 14.8. The van der Waals surface area contributed by atoms with E-state index in [0.717, 1.165) is 0 Å². The van der Waals surface area contributed by atoms with E-state index in [1.807, 2.05) is 18.2 Å². The van der Waals surface area contributed by atoms with Gasteiger partial charge < -0.3 is 10.4 Å². The van der Waals surface area contributed by atoms with E-state index in [4.69, 9.17) is 0 Å². The van der Waals surface area contributed by atoms with Crippen LogP contribution in [-0.2, 0) is 10.3 Å². The number of aliphatic carboxylic acids is 1. The molecule has 1 atom stereocenters. The lowest BCUT2D eigenvalue weighted by Crippen LogP contribution is -2.40. The summed E-state index contributed by atoms with van der Waals surface area (Å²) in [5.74, 6) is -1.47. The van der Waals surface area contributed by atoms with Gasteiger partial charge in [0.25, 0.3) is 0 Å². The molecular weight excluding hydrogens is 325 g/mol. The van der Waals surface area contributed by atoms with Crippen LogP contribution in [0.5, 0.6) is 0 Å². The van der Waals surface area contributed by atoms with Crippen LogP contribution in [0, 0.1) is 5.82 Å². The number of benzene rings is 2. The summed E-state index contributed by atoms with van der Waals surface area (Å²) in [6.45, 7) is 1.54. The predicted octanol–water partition coefficient (Wildman–Crippen LogP) is 4.00. The topological polar surface area (TPSA) is 49.3 Å². The zero-order valence-corrected chi connectivity index (χ0v) is 12.3. The van der Waals surface area contributed by atoms with Crippen LogP contribution in [0.15, 0.2) is 53.0 Å². The van der Waals surface area contributed by atoms with Crippen LogP contribution in [0.1, 0.15) is 12.5 Å². The normalized spacial score (nSPS) is 13.6. The molecule has 0 heterocycles. The monoisotopic (exact) mass is 337 g/mol. The molecule has 0 aliphatic heterocycles. The lowest BCUT2D eigenvalue weighted by molar-refractivity contribution is -0.142. The Bertz CT molecular complexity index is 633. The van der Waals surface area contributed by atoms with Crippen molar-refractivity contribution in [1.82, 2.24) is 0 Å². The average Bonchev–Trinajstić information content (AvgIpc) is 2.39. The van der Waals surface area contributed by atoms with Crippen LogP contribution in [0.25, 0.3) is 0 Å². The maximum atomic E-state index is 13.2. The second-order valence-corrected chi connectivity index (χ2v) is 5.40. The molecule has 0 fully saturated rings. The summed E-state index contributed by atoms with van der Waals surface area (Å²) in [5.41, 5.74) is -0.239. The second kappa shape index (κ2) is 5.63. The molecule has 0 amide bonds. The summed E-state index contributed by atoms with van der Waals surface area (Å²) in [6, 6.07) is 13.0. The molecule has 2 aromatic carbocycles. The third kappa shape index (κ3) is 2.82. The van der Waals surface area contributed by atoms with E-state index in [-0.39, 0.29) is 0 Å². The lowest BCUT2D eigenvalue weighted by Gasteiger charge is -2.29. The van der Waals surface area contributed by atoms with E-state index < -0.39 is 17.3 Å². The molecule has 0 aromatic heterocycles. The maximum absolute atomic E-state index is 13.2. The van der Waals surface area contributed by atoms with E-state index >= 15 is 0 Å². The van der Waals surface area contributed by atoms with Crippen molar-refractivity contribution in [2.75, 3.05) is 5.32 Å². The highest BCUT2D eigenvalue weighted by atomic mass is 79.9. The highest BCUT2D eigenvalue weighted by molar-refractivity contribution is 9.10. The molecule has 2 rings (SSSR count). The smallest absolute Gasteiger partial charge is 0.333 e. The Balaban J connectivity index is 2.47. The van der Waals surface area contributed by atoms with Gasteiger partial charge in [0.2, 0.25) is 0 Å². The van der Waals surface area contributed by atoms with Gasteiger partial charge in [-0.25, -0.2) is 9.18 Å². The zero-order valence-electron chi connectivity index (χ0n) is 10.7. The van der Waals surface area contributed by atoms with Gasteiger partial charge in [-0.1, -0.05) is 40.2 Å². The number of halogens is 2. The minimum Gasteiger partial charge on any atom is -0.479 e. The molecule has 2 aromatic rings. The van der Waals surface area contributed by atoms with E-state index in [1.54, 1.807) is 19.1 Å². The highest BCUT2D eigenvalue weighted by Gasteiger charge is 2.37. The minimum atomic E-state index is -1.37. The van der Waals surface area contributed by atoms with Gasteiger partial charge in [-0.2, -0.15) is 0 Å². The molecular formula is C15H13BrFNO2. The highest BCUT2D eigenvalue weighted by Crippen LogP contribution is 2.32. The first-order chi connectivity index (χ1) is 9.43. The first kappa shape index (κ1) is 14.5. The Morgan fingerprint density at radius 2 is 1.90 bits per heavy atom. The van der Waals surface area contributed by atoms with Gasteiger partial charge in [0.1, 0.15) is 5.82 Å². The average molecular weight is 338 g/mol. The van der Waals surface area contributed by atoms with Crippen LogP contribution in [-0.4, -0.2) is 11.1 Å². The number of rotatable bonds is 4. The van der Waals surface area contributed by atoms with Crippen LogP contribution in [0.4, 0.5) is 10.1 Å². The molecule has 0 aliphatic carbocycles. The lowest BCUT2D eigenvalue weighted by atomic mass is 9.91. The van der Waals surface area contributed by atoms with Crippen LogP contribution in [0.2, 0.25) is 0 Å². The fourth-order valence-corrected chi connectivity index (χ4v) is 2.69. The summed E-state index contributed by atoms with van der Waals surface area (Å²) in [6.07, 6.45) is 0. The standard InChI is InChI=1S/C15H13BrFNO2/c1-15(14(19)20,18-11-5-3-2-4-6-11)12-8-7-10(17)9-13(12)16/h2-9,18H,1H3,(H,19,20). The Hall–Kier alpha value is -1.88. The number of hydrogen-bond donors (Lipinski definition) is 2. The molecule has 0 bridgehead atoms. The van der Waals surface area contributed by atoms with Gasteiger partial charge in [0.15, 0.2) is 5.54 Å². The van der Waals surface area contributed by atoms with Crippen molar-refractivity contribution in [2.24, 2.45) is 0 Å². The number of carboxylic acid groups (broad SMARTS) is 1. The van der Waals surface area contributed by atoms with Gasteiger partial charge in [-0.3, -0.25) is 0 Å². The van der Waals surface area contributed by atoms with E-state index in [9.17, 15) is 14.3 Å². The van der Waals surface area contributed by atoms with Crippen LogP contribution < -0.4 is 5.32 Å². The van der Waals surface area contributed by atoms with E-state index in [0.29, 0.717) is 15.7 Å². The molecule has 0 spiro atoms. The Labute approximate surface area is 124 Å². The van der Waals surface area contributed by atoms with E-state index in [1.165, 1.54) is 18.2 Å². The Morgan fingerprint density at radius 3 is 2.45 bits per heavy atom. The number of carboxylic acids is 1. The molecule has 0 saturated heterocycles. The minimum absolute atomic E-state index is 0.408. The molecule has 3 nitrogen and oxygen atoms in total. The summed E-state index contributed by atoms with van der Waals surface area (Å²) in [4.78, 5) is 11.7. The first-order valence-electron chi connectivity index (χ1n) is 5.95. The van der Waals surface area contributed by atoms with Gasteiger partial charge >= 0.3 is 5.97 Å². The molecule has 0 aliphatic rings. The van der Waals surface area contributed by atoms with Gasteiger partial charge in [0.05, 0.1) is 0 Å². The molecule has 0 radical (unpaired) electrons. The summed E-state index contributed by atoms with van der Waals surface area (Å²) in [7, 11) is 0. The third-order valence-electron chi connectivity index (χ3n) is 3.07. The fourth-order valence-electron chi connectivity index (χ4n) is 1.94. The van der Waals surface area contributed by atoms with Crippen molar-refractivity contribution in [2.45, 2.75) is 12.5 Å². The van der Waals surface area contributed by atoms with Crippen molar-refractivity contribution in [3.8, 4) is 0 Å². The SMILES string of the molecule is CC(Nc1ccccc1)(C(=O)O)c1ccc(F)cc1Br. The summed E-state index contributed by atoms with van der Waals surface area (Å²) >= 11 is 3.22. The van der Waals surface area contributed by atoms with Crippen molar-refractivity contribution in [3.63, 3.8) is 0 Å². The largest absolute Gasteiger partial charge is 0.479 e. The molecule has 20 heavy (non-hydrogen) atoms. The molecule has 0 saturated carbocycles. The molecule has 1 unspecified atom stereocenters. The second-order valence-electron chi connectivity index (χ2n) is 4.55. The van der Waals surface area contributed by atoms with Gasteiger partial charge in [0, 0.05) is 15.7 Å². The Kier molecular flexibility index (Phi) is 4.09. The Morgan fingerprint density at radius 1 is 1.25 bits per heavy atom. The number of para-hydroxylation sites is 1. The van der Waals surface area contributed by atoms with Crippen molar-refractivity contribution in [1.29, 1.82) is 0 Å². The quantitative estimate of drug-likeness (QED) is 0.886. The number of hydrogen-bond acceptors (Lipinski definition) is 2. The summed E-state index contributed by atoms with van der Waals surface area (Å²) in [5, 5.41) is 12.5. The molecule has 2 N–H and O–H groups in total. The number of carbonyl (C=O) groups is 1. The first-order valence-corrected chi connectivity index (χ1v) is 6.75.